The smallest absolute Gasteiger partial charge is 0.185 e. The van der Waals surface area contributed by atoms with Gasteiger partial charge in [0, 0.05) is 37.6 Å². The van der Waals surface area contributed by atoms with E-state index in [-0.39, 0.29) is 0 Å². The lowest BCUT2D eigenvalue weighted by Gasteiger charge is -2.32. The van der Waals surface area contributed by atoms with Crippen molar-refractivity contribution in [3.05, 3.63) is 10.6 Å². The van der Waals surface area contributed by atoms with E-state index in [1.807, 2.05) is 11.3 Å². The zero-order valence-electron chi connectivity index (χ0n) is 14.1. The lowest BCUT2D eigenvalue weighted by Crippen LogP contribution is -2.44. The molecule has 1 aliphatic heterocycles. The van der Waals surface area contributed by atoms with E-state index in [0.29, 0.717) is 11.8 Å². The van der Waals surface area contributed by atoms with Crippen molar-refractivity contribution < 1.29 is 0 Å². The maximum atomic E-state index is 4.94. The second kappa shape index (κ2) is 7.56. The first kappa shape index (κ1) is 16.7. The number of nitrogens with zero attached hydrogens (tertiary/aromatic N) is 3. The number of thiazole rings is 1. The summed E-state index contributed by atoms with van der Waals surface area (Å²) in [5.41, 5.74) is 1.28. The monoisotopic (exact) mass is 310 g/mol. The van der Waals surface area contributed by atoms with Crippen molar-refractivity contribution in [2.75, 3.05) is 44.7 Å². The lowest BCUT2D eigenvalue weighted by atomic mass is 10.1. The predicted octanol–water partition coefficient (Wildman–Crippen LogP) is 2.76. The summed E-state index contributed by atoms with van der Waals surface area (Å²) >= 11 is 1.88. The number of hydrogen-bond donors (Lipinski definition) is 1. The van der Waals surface area contributed by atoms with Gasteiger partial charge in [0.25, 0.3) is 0 Å². The van der Waals surface area contributed by atoms with E-state index >= 15 is 0 Å². The summed E-state index contributed by atoms with van der Waals surface area (Å²) in [6.45, 7) is 15.5. The van der Waals surface area contributed by atoms with Crippen molar-refractivity contribution in [3.8, 4) is 0 Å². The molecule has 21 heavy (non-hydrogen) atoms. The van der Waals surface area contributed by atoms with E-state index in [2.05, 4.69) is 49.9 Å². The van der Waals surface area contributed by atoms with Gasteiger partial charge in [0.05, 0.1) is 5.69 Å². The van der Waals surface area contributed by atoms with Crippen LogP contribution in [0, 0.1) is 5.92 Å². The standard InChI is InChI=1S/C16H30N4S/c1-12(2)10-17-11-14-15(13(3)4)18-16(21-14)20-8-6-19(5)7-9-20/h12-13,17H,6-11H2,1-5H3. The molecular formula is C16H30N4S. The predicted molar refractivity (Wildman–Crippen MR) is 92.5 cm³/mol. The van der Waals surface area contributed by atoms with Gasteiger partial charge in [-0.1, -0.05) is 27.7 Å². The van der Waals surface area contributed by atoms with Gasteiger partial charge in [-0.3, -0.25) is 0 Å². The fourth-order valence-corrected chi connectivity index (χ4v) is 3.77. The molecule has 0 aromatic carbocycles. The van der Waals surface area contributed by atoms with E-state index in [1.165, 1.54) is 15.7 Å². The van der Waals surface area contributed by atoms with Crippen molar-refractivity contribution in [1.29, 1.82) is 0 Å². The van der Waals surface area contributed by atoms with E-state index in [1.54, 1.807) is 0 Å². The third-order valence-electron chi connectivity index (χ3n) is 3.88. The zero-order chi connectivity index (χ0) is 15.4. The quantitative estimate of drug-likeness (QED) is 0.875. The molecule has 0 atom stereocenters. The topological polar surface area (TPSA) is 31.4 Å². The molecule has 1 aliphatic rings. The van der Waals surface area contributed by atoms with Gasteiger partial charge in [-0.2, -0.15) is 0 Å². The number of aromatic nitrogens is 1. The van der Waals surface area contributed by atoms with Crippen LogP contribution in [0.1, 0.15) is 44.2 Å². The van der Waals surface area contributed by atoms with Crippen LogP contribution in [0.15, 0.2) is 0 Å². The van der Waals surface area contributed by atoms with Gasteiger partial charge in [-0.15, -0.1) is 11.3 Å². The van der Waals surface area contributed by atoms with Gasteiger partial charge < -0.3 is 15.1 Å². The minimum atomic E-state index is 0.498. The van der Waals surface area contributed by atoms with Gasteiger partial charge in [0.1, 0.15) is 0 Å². The largest absolute Gasteiger partial charge is 0.346 e. The highest BCUT2D eigenvalue weighted by Gasteiger charge is 2.21. The molecule has 120 valence electrons. The molecule has 0 bridgehead atoms. The molecular weight excluding hydrogens is 280 g/mol. The molecule has 0 aliphatic carbocycles. The van der Waals surface area contributed by atoms with E-state index in [9.17, 15) is 0 Å². The van der Waals surface area contributed by atoms with Crippen molar-refractivity contribution in [3.63, 3.8) is 0 Å². The Balaban J connectivity index is 2.05. The fraction of sp³-hybridized carbons (Fsp3) is 0.812. The van der Waals surface area contributed by atoms with Crippen molar-refractivity contribution >= 4 is 16.5 Å². The normalized spacial score (nSPS) is 17.2. The van der Waals surface area contributed by atoms with E-state index in [0.717, 1.165) is 39.3 Å². The molecule has 1 N–H and O–H groups in total. The maximum absolute atomic E-state index is 4.94. The Morgan fingerprint density at radius 1 is 1.14 bits per heavy atom. The van der Waals surface area contributed by atoms with E-state index in [4.69, 9.17) is 4.98 Å². The first-order chi connectivity index (χ1) is 9.97. The van der Waals surface area contributed by atoms with Gasteiger partial charge in [-0.05, 0) is 25.4 Å². The van der Waals surface area contributed by atoms with Crippen molar-refractivity contribution in [2.24, 2.45) is 5.92 Å². The van der Waals surface area contributed by atoms with Crippen LogP contribution < -0.4 is 10.2 Å². The molecule has 2 heterocycles. The first-order valence-electron chi connectivity index (χ1n) is 8.11. The highest BCUT2D eigenvalue weighted by atomic mass is 32.1. The summed E-state index contributed by atoms with van der Waals surface area (Å²) in [6, 6.07) is 0. The average Bonchev–Trinajstić information content (AvgIpc) is 2.83. The zero-order valence-corrected chi connectivity index (χ0v) is 15.0. The van der Waals surface area contributed by atoms with Crippen LogP contribution in [-0.4, -0.2) is 49.7 Å². The summed E-state index contributed by atoms with van der Waals surface area (Å²) < 4.78 is 0. The Hall–Kier alpha value is -0.650. The van der Waals surface area contributed by atoms with Crippen LogP contribution in [0.3, 0.4) is 0 Å². The Labute approximate surface area is 133 Å². The summed E-state index contributed by atoms with van der Waals surface area (Å²) in [7, 11) is 2.19. The van der Waals surface area contributed by atoms with Crippen molar-refractivity contribution in [1.82, 2.24) is 15.2 Å². The summed E-state index contributed by atoms with van der Waals surface area (Å²) in [5, 5.41) is 4.78. The number of rotatable bonds is 6. The highest BCUT2D eigenvalue weighted by molar-refractivity contribution is 7.15. The Morgan fingerprint density at radius 3 is 2.38 bits per heavy atom. The number of likely N-dealkylation sites (N-methyl/N-ethyl adjacent to an activating group) is 1. The molecule has 4 nitrogen and oxygen atoms in total. The highest BCUT2D eigenvalue weighted by Crippen LogP contribution is 2.31. The fourth-order valence-electron chi connectivity index (χ4n) is 2.54. The summed E-state index contributed by atoms with van der Waals surface area (Å²) in [5.74, 6) is 1.19. The van der Waals surface area contributed by atoms with Gasteiger partial charge in [-0.25, -0.2) is 4.98 Å². The molecule has 1 aromatic heterocycles. The number of nitrogens with one attached hydrogen (secondary N) is 1. The van der Waals surface area contributed by atoms with Gasteiger partial charge >= 0.3 is 0 Å². The lowest BCUT2D eigenvalue weighted by molar-refractivity contribution is 0.312. The third kappa shape index (κ3) is 4.66. The van der Waals surface area contributed by atoms with Crippen LogP contribution in [0.2, 0.25) is 0 Å². The average molecular weight is 311 g/mol. The molecule has 1 aromatic rings. The molecule has 0 amide bonds. The summed E-state index contributed by atoms with van der Waals surface area (Å²) in [6.07, 6.45) is 0. The SMILES string of the molecule is CC(C)CNCc1sc(N2CCN(C)CC2)nc1C(C)C. The minimum Gasteiger partial charge on any atom is -0.346 e. The minimum absolute atomic E-state index is 0.498. The molecule has 1 saturated heterocycles. The second-order valence-electron chi connectivity index (χ2n) is 6.77. The number of anilines is 1. The second-order valence-corrected chi connectivity index (χ2v) is 7.84. The number of piperazine rings is 1. The number of hydrogen-bond acceptors (Lipinski definition) is 5. The molecule has 5 heteroatoms. The van der Waals surface area contributed by atoms with Crippen LogP contribution in [0.25, 0.3) is 0 Å². The Bertz CT molecular complexity index is 433. The maximum Gasteiger partial charge on any atom is 0.185 e. The molecule has 0 spiro atoms. The van der Waals surface area contributed by atoms with Crippen LogP contribution in [0.5, 0.6) is 0 Å². The van der Waals surface area contributed by atoms with Crippen molar-refractivity contribution in [2.45, 2.75) is 40.2 Å². The molecule has 2 rings (SSSR count). The van der Waals surface area contributed by atoms with E-state index < -0.39 is 0 Å². The van der Waals surface area contributed by atoms with Gasteiger partial charge in [0.15, 0.2) is 5.13 Å². The molecule has 0 radical (unpaired) electrons. The molecule has 0 saturated carbocycles. The molecule has 1 fully saturated rings. The molecule has 0 unspecified atom stereocenters. The third-order valence-corrected chi connectivity index (χ3v) is 5.01. The van der Waals surface area contributed by atoms with Crippen LogP contribution in [0.4, 0.5) is 5.13 Å². The summed E-state index contributed by atoms with van der Waals surface area (Å²) in [4.78, 5) is 11.2. The van der Waals surface area contributed by atoms with Crippen LogP contribution in [-0.2, 0) is 6.54 Å². The van der Waals surface area contributed by atoms with Crippen LogP contribution >= 0.6 is 11.3 Å². The Kier molecular flexibility index (Phi) is 6.02. The van der Waals surface area contributed by atoms with Gasteiger partial charge in [0.2, 0.25) is 0 Å². The Morgan fingerprint density at radius 2 is 1.81 bits per heavy atom. The first-order valence-corrected chi connectivity index (χ1v) is 8.92.